The number of piperidine rings is 1. The van der Waals surface area contributed by atoms with E-state index in [-0.39, 0.29) is 24.4 Å². The second-order valence-corrected chi connectivity index (χ2v) is 13.5. The fraction of sp³-hybridized carbons (Fsp3) is 0.359. The van der Waals surface area contributed by atoms with Crippen LogP contribution in [0, 0.1) is 5.92 Å². The molecule has 1 aromatic heterocycles. The Balaban J connectivity index is 1.11. The van der Waals surface area contributed by atoms with Gasteiger partial charge in [0, 0.05) is 32.2 Å². The molecule has 0 N–H and O–H groups in total. The molecule has 4 aromatic carbocycles. The lowest BCUT2D eigenvalue weighted by Gasteiger charge is -2.48. The Hall–Kier alpha value is -3.59. The maximum Gasteiger partial charge on any atom is 0.113 e. The van der Waals surface area contributed by atoms with Gasteiger partial charge in [-0.2, -0.15) is 0 Å². The van der Waals surface area contributed by atoms with E-state index in [0.717, 1.165) is 43.7 Å². The van der Waals surface area contributed by atoms with Crippen LogP contribution in [0.3, 0.4) is 0 Å². The number of thiazole rings is 1. The van der Waals surface area contributed by atoms with Gasteiger partial charge in [-0.05, 0) is 48.1 Å². The maximum absolute atomic E-state index is 6.83. The quantitative estimate of drug-likeness (QED) is 0.141. The molecule has 5 aromatic rings. The lowest BCUT2D eigenvalue weighted by molar-refractivity contribution is -0.201. The Morgan fingerprint density at radius 2 is 1.30 bits per heavy atom. The normalized spacial score (nSPS) is 23.7. The van der Waals surface area contributed by atoms with E-state index in [1.54, 1.807) is 11.3 Å². The molecular formula is C39H43N3O3S. The van der Waals surface area contributed by atoms with E-state index in [1.165, 1.54) is 21.5 Å². The fourth-order valence-corrected chi connectivity index (χ4v) is 7.81. The van der Waals surface area contributed by atoms with Crippen molar-refractivity contribution in [3.8, 4) is 0 Å². The SMILES string of the molecule is C[C@@H]1[C@@H](OCc2ccccc2)[C@H](OCc2ccccc2)[C@@H](OCc2ccccc2)CN1CC1CCN(c2cccc3ncsc23)C1. The molecule has 0 spiro atoms. The van der Waals surface area contributed by atoms with Crippen molar-refractivity contribution in [2.75, 3.05) is 31.1 Å². The first-order chi connectivity index (χ1) is 22.7. The number of benzene rings is 4. The molecule has 7 rings (SSSR count). The van der Waals surface area contributed by atoms with Crippen LogP contribution in [0.1, 0.15) is 30.0 Å². The molecule has 2 aliphatic rings. The van der Waals surface area contributed by atoms with Crippen molar-refractivity contribution in [3.63, 3.8) is 0 Å². The average molecular weight is 634 g/mol. The third-order valence-electron chi connectivity index (χ3n) is 9.49. The maximum atomic E-state index is 6.83. The molecule has 46 heavy (non-hydrogen) atoms. The Kier molecular flexibility index (Phi) is 10.0. The molecule has 1 unspecified atom stereocenters. The van der Waals surface area contributed by atoms with E-state index in [0.29, 0.717) is 25.7 Å². The van der Waals surface area contributed by atoms with E-state index < -0.39 is 0 Å². The highest BCUT2D eigenvalue weighted by Gasteiger charge is 2.45. The van der Waals surface area contributed by atoms with Crippen LogP contribution in [-0.4, -0.2) is 60.4 Å². The van der Waals surface area contributed by atoms with Crippen molar-refractivity contribution in [2.24, 2.45) is 5.92 Å². The number of likely N-dealkylation sites (tertiary alicyclic amines) is 1. The van der Waals surface area contributed by atoms with Gasteiger partial charge in [0.15, 0.2) is 0 Å². The molecule has 238 valence electrons. The second kappa shape index (κ2) is 14.9. The highest BCUT2D eigenvalue weighted by atomic mass is 32.1. The molecule has 0 radical (unpaired) electrons. The van der Waals surface area contributed by atoms with Gasteiger partial charge in [-0.25, -0.2) is 4.98 Å². The molecule has 0 saturated carbocycles. The number of hydrogen-bond acceptors (Lipinski definition) is 7. The monoisotopic (exact) mass is 633 g/mol. The smallest absolute Gasteiger partial charge is 0.113 e. The molecule has 0 amide bonds. The summed E-state index contributed by atoms with van der Waals surface area (Å²) in [5.74, 6) is 0.553. The molecule has 5 atom stereocenters. The van der Waals surface area contributed by atoms with Crippen LogP contribution in [0.2, 0.25) is 0 Å². The first-order valence-corrected chi connectivity index (χ1v) is 17.4. The van der Waals surface area contributed by atoms with E-state index >= 15 is 0 Å². The molecular weight excluding hydrogens is 591 g/mol. The molecule has 3 heterocycles. The summed E-state index contributed by atoms with van der Waals surface area (Å²) in [6.07, 6.45) is 0.673. The van der Waals surface area contributed by atoms with Crippen LogP contribution in [0.15, 0.2) is 115 Å². The van der Waals surface area contributed by atoms with Crippen molar-refractivity contribution >= 4 is 27.2 Å². The lowest BCUT2D eigenvalue weighted by Crippen LogP contribution is -2.63. The van der Waals surface area contributed by atoms with Gasteiger partial charge in [0.2, 0.25) is 0 Å². The third kappa shape index (κ3) is 7.35. The molecule has 0 bridgehead atoms. The number of fused-ring (bicyclic) bond motifs is 1. The minimum absolute atomic E-state index is 0.135. The zero-order valence-corrected chi connectivity index (χ0v) is 27.3. The molecule has 2 aliphatic heterocycles. The van der Waals surface area contributed by atoms with E-state index in [1.807, 2.05) is 23.7 Å². The Bertz CT molecular complexity index is 1650. The lowest BCUT2D eigenvalue weighted by atomic mass is 9.92. The topological polar surface area (TPSA) is 47.1 Å². The summed E-state index contributed by atoms with van der Waals surface area (Å²) in [5.41, 5.74) is 7.85. The van der Waals surface area contributed by atoms with E-state index in [9.17, 15) is 0 Å². The highest BCUT2D eigenvalue weighted by Crippen LogP contribution is 2.35. The summed E-state index contributed by atoms with van der Waals surface area (Å²) in [4.78, 5) is 9.71. The van der Waals surface area contributed by atoms with Gasteiger partial charge in [0.25, 0.3) is 0 Å². The Morgan fingerprint density at radius 1 is 0.696 bits per heavy atom. The molecule has 2 saturated heterocycles. The first kappa shape index (κ1) is 31.0. The van der Waals surface area contributed by atoms with E-state index in [4.69, 9.17) is 14.2 Å². The minimum Gasteiger partial charge on any atom is -0.370 e. The van der Waals surface area contributed by atoms with Gasteiger partial charge in [-0.1, -0.05) is 97.1 Å². The van der Waals surface area contributed by atoms with Crippen molar-refractivity contribution < 1.29 is 14.2 Å². The van der Waals surface area contributed by atoms with Gasteiger partial charge < -0.3 is 19.1 Å². The predicted octanol–water partition coefficient (Wildman–Crippen LogP) is 7.58. The van der Waals surface area contributed by atoms with Crippen molar-refractivity contribution in [1.82, 2.24) is 9.88 Å². The standard InChI is InChI=1S/C39H43N3O3S/c1-29-37(44-26-31-14-7-3-8-15-31)38(45-27-32-16-9-4-10-17-32)36(43-25-30-12-5-2-6-13-30)24-42(29)23-33-20-21-41(22-33)35-19-11-18-34-39(35)46-28-40-34/h2-19,28-29,33,36-38H,20-27H2,1H3/t29-,33?,36+,37-,38-/m1/s1. The van der Waals surface area contributed by atoms with Crippen molar-refractivity contribution in [2.45, 2.75) is 57.5 Å². The van der Waals surface area contributed by atoms with Crippen LogP contribution in [0.25, 0.3) is 10.2 Å². The van der Waals surface area contributed by atoms with E-state index in [2.05, 4.69) is 113 Å². The van der Waals surface area contributed by atoms with Crippen LogP contribution in [-0.2, 0) is 34.0 Å². The molecule has 6 nitrogen and oxygen atoms in total. The zero-order valence-electron chi connectivity index (χ0n) is 26.5. The molecule has 7 heteroatoms. The fourth-order valence-electron chi connectivity index (χ4n) is 6.98. The van der Waals surface area contributed by atoms with Gasteiger partial charge >= 0.3 is 0 Å². The number of hydrogen-bond donors (Lipinski definition) is 0. The summed E-state index contributed by atoms with van der Waals surface area (Å²) >= 11 is 1.74. The number of anilines is 1. The highest BCUT2D eigenvalue weighted by molar-refractivity contribution is 7.17. The second-order valence-electron chi connectivity index (χ2n) is 12.6. The van der Waals surface area contributed by atoms with Crippen LogP contribution >= 0.6 is 11.3 Å². The summed E-state index contributed by atoms with van der Waals surface area (Å²) in [7, 11) is 0. The van der Waals surface area contributed by atoms with Gasteiger partial charge in [0.1, 0.15) is 12.2 Å². The number of rotatable bonds is 12. The predicted molar refractivity (Wildman–Crippen MR) is 186 cm³/mol. The number of nitrogens with zero attached hydrogens (tertiary/aromatic N) is 3. The number of ether oxygens (including phenoxy) is 3. The van der Waals surface area contributed by atoms with Gasteiger partial charge in [-0.3, -0.25) is 4.90 Å². The summed E-state index contributed by atoms with van der Waals surface area (Å²) < 4.78 is 21.7. The van der Waals surface area contributed by atoms with Gasteiger partial charge in [-0.15, -0.1) is 11.3 Å². The van der Waals surface area contributed by atoms with Crippen LogP contribution in [0.4, 0.5) is 5.69 Å². The molecule has 2 fully saturated rings. The number of aromatic nitrogens is 1. The van der Waals surface area contributed by atoms with Crippen LogP contribution < -0.4 is 4.90 Å². The van der Waals surface area contributed by atoms with Crippen LogP contribution in [0.5, 0.6) is 0 Å². The summed E-state index contributed by atoms with van der Waals surface area (Å²) in [6, 6.07) is 38.0. The average Bonchev–Trinajstić information content (AvgIpc) is 3.79. The zero-order chi connectivity index (χ0) is 31.1. The summed E-state index contributed by atoms with van der Waals surface area (Å²) in [6.45, 7) is 7.82. The Labute approximate surface area is 276 Å². The van der Waals surface area contributed by atoms with Gasteiger partial charge in [0.05, 0.1) is 47.3 Å². The third-order valence-corrected chi connectivity index (χ3v) is 10.4. The molecule has 0 aliphatic carbocycles. The first-order valence-electron chi connectivity index (χ1n) is 16.5. The van der Waals surface area contributed by atoms with Crippen molar-refractivity contribution in [1.29, 1.82) is 0 Å². The summed E-state index contributed by atoms with van der Waals surface area (Å²) in [5, 5.41) is 0. The Morgan fingerprint density at radius 3 is 1.96 bits per heavy atom. The largest absolute Gasteiger partial charge is 0.370 e. The minimum atomic E-state index is -0.206. The van der Waals surface area contributed by atoms with Crippen molar-refractivity contribution in [3.05, 3.63) is 131 Å².